The van der Waals surface area contributed by atoms with Crippen molar-refractivity contribution < 1.29 is 13.9 Å². The lowest BCUT2D eigenvalue weighted by Gasteiger charge is -2.38. The molecular formula is C27H32FN11O2S. The summed E-state index contributed by atoms with van der Waals surface area (Å²) in [7, 11) is 1.58. The van der Waals surface area contributed by atoms with E-state index in [1.165, 1.54) is 22.2 Å². The summed E-state index contributed by atoms with van der Waals surface area (Å²) in [5.74, 6) is 1.46. The molecule has 42 heavy (non-hydrogen) atoms. The monoisotopic (exact) mass is 593 g/mol. The summed E-state index contributed by atoms with van der Waals surface area (Å²) in [6.07, 6.45) is 8.22. The quantitative estimate of drug-likeness (QED) is 0.227. The maximum absolute atomic E-state index is 13.6. The van der Waals surface area contributed by atoms with Crippen LogP contribution in [0.5, 0.6) is 0 Å². The number of hydrogen-bond acceptors (Lipinski definition) is 10. The normalized spacial score (nSPS) is 19.7. The zero-order valence-electron chi connectivity index (χ0n) is 23.8. The van der Waals surface area contributed by atoms with Crippen LogP contribution in [0.4, 0.5) is 16.0 Å². The number of carbonyl (C=O) groups is 1. The Morgan fingerprint density at radius 1 is 1.26 bits per heavy atom. The first-order chi connectivity index (χ1) is 20.3. The Balaban J connectivity index is 1.17. The third-order valence-electron chi connectivity index (χ3n) is 7.76. The fourth-order valence-corrected chi connectivity index (χ4v) is 6.19. The first-order valence-electron chi connectivity index (χ1n) is 13.8. The van der Waals surface area contributed by atoms with Crippen molar-refractivity contribution in [3.63, 3.8) is 0 Å². The van der Waals surface area contributed by atoms with Crippen molar-refractivity contribution in [2.75, 3.05) is 12.4 Å². The van der Waals surface area contributed by atoms with Crippen LogP contribution in [0.1, 0.15) is 67.9 Å². The van der Waals surface area contributed by atoms with E-state index in [1.54, 1.807) is 19.5 Å². The van der Waals surface area contributed by atoms with Crippen LogP contribution in [0.2, 0.25) is 0 Å². The van der Waals surface area contributed by atoms with Crippen molar-refractivity contribution in [1.82, 2.24) is 50.0 Å². The maximum Gasteiger partial charge on any atom is 0.252 e. The summed E-state index contributed by atoms with van der Waals surface area (Å²) in [6, 6.07) is 1.60. The first-order valence-corrected chi connectivity index (χ1v) is 14.6. The standard InChI is InChI=1S/C27H32FN11O2S/c1-5-38-24-19(12-31-38)23(33-21-10-15(2)36-37-21)34-22(35-24)17-6-8-27(41-4,9-7-17)25(40)32-16(3)20-13-29-26(42-20)39-14-18(28)11-30-39/h10-14,16-17H,5-9H2,1-4H3,(H,32,40)(H2,33,34,35,36,37)/t16-,17-,27+/m0/s1. The van der Waals surface area contributed by atoms with Crippen LogP contribution in [-0.4, -0.2) is 63.3 Å². The molecule has 220 valence electrons. The van der Waals surface area contributed by atoms with Crippen molar-refractivity contribution in [2.45, 2.75) is 70.6 Å². The molecule has 0 spiro atoms. The SMILES string of the molecule is CCn1ncc2c(Nc3cc(C)[nH]n3)nc([C@H]3CC[C@](OC)(C(=O)N[C@@H](C)c4cnc(-n5cc(F)cn5)s4)CC3)nc21. The largest absolute Gasteiger partial charge is 0.368 e. The van der Waals surface area contributed by atoms with Gasteiger partial charge in [0.25, 0.3) is 5.91 Å². The van der Waals surface area contributed by atoms with E-state index >= 15 is 0 Å². The molecule has 1 aliphatic rings. The van der Waals surface area contributed by atoms with E-state index in [2.05, 4.69) is 36.0 Å². The second kappa shape index (κ2) is 11.2. The minimum absolute atomic E-state index is 0.0445. The fourth-order valence-electron chi connectivity index (χ4n) is 5.34. The van der Waals surface area contributed by atoms with Gasteiger partial charge in [0.05, 0.1) is 30.0 Å². The van der Waals surface area contributed by atoms with Gasteiger partial charge in [-0.2, -0.15) is 15.3 Å². The minimum atomic E-state index is -0.966. The van der Waals surface area contributed by atoms with E-state index in [-0.39, 0.29) is 17.9 Å². The van der Waals surface area contributed by atoms with E-state index in [0.29, 0.717) is 54.8 Å². The Hall–Kier alpha value is -4.24. The van der Waals surface area contributed by atoms with Gasteiger partial charge in [-0.15, -0.1) is 0 Å². The van der Waals surface area contributed by atoms with Gasteiger partial charge >= 0.3 is 0 Å². The van der Waals surface area contributed by atoms with Crippen LogP contribution in [0.3, 0.4) is 0 Å². The fraction of sp³-hybridized carbons (Fsp3) is 0.444. The smallest absolute Gasteiger partial charge is 0.252 e. The third kappa shape index (κ3) is 5.25. The Morgan fingerprint density at radius 3 is 2.74 bits per heavy atom. The average Bonchev–Trinajstić information content (AvgIpc) is 3.80. The number of amides is 1. The molecule has 5 heterocycles. The Bertz CT molecular complexity index is 1720. The van der Waals surface area contributed by atoms with E-state index in [0.717, 1.165) is 27.8 Å². The molecule has 6 rings (SSSR count). The highest BCUT2D eigenvalue weighted by Gasteiger charge is 2.43. The van der Waals surface area contributed by atoms with Crippen LogP contribution >= 0.6 is 11.3 Å². The van der Waals surface area contributed by atoms with E-state index in [1.807, 2.05) is 31.5 Å². The average molecular weight is 594 g/mol. The van der Waals surface area contributed by atoms with Gasteiger partial charge in [0.15, 0.2) is 17.3 Å². The molecule has 1 fully saturated rings. The molecule has 1 saturated carbocycles. The molecule has 0 aliphatic heterocycles. The lowest BCUT2D eigenvalue weighted by atomic mass is 9.77. The Morgan fingerprint density at radius 2 is 2.07 bits per heavy atom. The number of rotatable bonds is 9. The molecule has 15 heteroatoms. The van der Waals surface area contributed by atoms with Gasteiger partial charge in [-0.3, -0.25) is 9.89 Å². The van der Waals surface area contributed by atoms with Crippen LogP contribution in [0.15, 0.2) is 30.9 Å². The molecule has 3 N–H and O–H groups in total. The van der Waals surface area contributed by atoms with Crippen molar-refractivity contribution in [3.8, 4) is 5.13 Å². The highest BCUT2D eigenvalue weighted by atomic mass is 32.1. The van der Waals surface area contributed by atoms with Gasteiger partial charge in [0.1, 0.15) is 17.2 Å². The van der Waals surface area contributed by atoms with Gasteiger partial charge in [-0.1, -0.05) is 11.3 Å². The molecule has 1 atom stereocenters. The first kappa shape index (κ1) is 27.9. The molecule has 13 nitrogen and oxygen atoms in total. The Labute approximate surface area is 244 Å². The molecule has 0 aromatic carbocycles. The Kier molecular flexibility index (Phi) is 7.45. The van der Waals surface area contributed by atoms with Crippen LogP contribution in [0.25, 0.3) is 16.2 Å². The number of thiazole rings is 1. The summed E-state index contributed by atoms with van der Waals surface area (Å²) >= 11 is 1.34. The highest BCUT2D eigenvalue weighted by molar-refractivity contribution is 7.14. The predicted molar refractivity (Wildman–Crippen MR) is 154 cm³/mol. The number of aromatic amines is 1. The van der Waals surface area contributed by atoms with E-state index in [9.17, 15) is 9.18 Å². The number of halogens is 1. The topological polar surface area (TPSA) is 153 Å². The number of H-pyrrole nitrogens is 1. The molecule has 0 bridgehead atoms. The summed E-state index contributed by atoms with van der Waals surface area (Å²) in [6.45, 7) is 6.53. The van der Waals surface area contributed by atoms with Gasteiger partial charge < -0.3 is 15.4 Å². The molecule has 0 unspecified atom stereocenters. The lowest BCUT2D eigenvalue weighted by Crippen LogP contribution is -2.50. The molecule has 0 radical (unpaired) electrons. The summed E-state index contributed by atoms with van der Waals surface area (Å²) in [5.41, 5.74) is 0.730. The number of ether oxygens (including phenoxy) is 1. The molecule has 0 saturated heterocycles. The number of nitrogens with one attached hydrogen (secondary N) is 3. The van der Waals surface area contributed by atoms with Crippen molar-refractivity contribution >= 4 is 39.9 Å². The second-order valence-corrected chi connectivity index (χ2v) is 11.5. The molecule has 1 amide bonds. The van der Waals surface area contributed by atoms with Crippen molar-refractivity contribution in [1.29, 1.82) is 0 Å². The van der Waals surface area contributed by atoms with Gasteiger partial charge in [0, 0.05) is 42.4 Å². The summed E-state index contributed by atoms with van der Waals surface area (Å²) < 4.78 is 22.5. The third-order valence-corrected chi connectivity index (χ3v) is 8.93. The molecular weight excluding hydrogens is 561 g/mol. The van der Waals surface area contributed by atoms with E-state index < -0.39 is 11.4 Å². The van der Waals surface area contributed by atoms with Gasteiger partial charge in [0.2, 0.25) is 5.13 Å². The zero-order chi connectivity index (χ0) is 29.4. The number of aryl methyl sites for hydroxylation is 2. The highest BCUT2D eigenvalue weighted by Crippen LogP contribution is 2.40. The number of nitrogens with zero attached hydrogens (tertiary/aromatic N) is 8. The zero-order valence-corrected chi connectivity index (χ0v) is 24.6. The van der Waals surface area contributed by atoms with Crippen molar-refractivity contribution in [2.24, 2.45) is 0 Å². The van der Waals surface area contributed by atoms with Crippen LogP contribution in [0, 0.1) is 12.7 Å². The molecule has 1 aliphatic carbocycles. The summed E-state index contributed by atoms with van der Waals surface area (Å²) in [5, 5.41) is 23.4. The maximum atomic E-state index is 13.6. The van der Waals surface area contributed by atoms with Gasteiger partial charge in [-0.05, 0) is 46.5 Å². The van der Waals surface area contributed by atoms with Crippen molar-refractivity contribution in [3.05, 3.63) is 53.1 Å². The number of aromatic nitrogens is 9. The molecule has 5 aromatic rings. The lowest BCUT2D eigenvalue weighted by molar-refractivity contribution is -0.148. The number of fused-ring (bicyclic) bond motifs is 1. The summed E-state index contributed by atoms with van der Waals surface area (Å²) in [4.78, 5) is 28.5. The van der Waals surface area contributed by atoms with E-state index in [4.69, 9.17) is 14.7 Å². The number of hydrogen-bond donors (Lipinski definition) is 3. The van der Waals surface area contributed by atoms with Crippen LogP contribution in [-0.2, 0) is 16.1 Å². The number of carbonyl (C=O) groups excluding carboxylic acids is 1. The second-order valence-electron chi connectivity index (χ2n) is 10.5. The predicted octanol–water partition coefficient (Wildman–Crippen LogP) is 4.32. The molecule has 5 aromatic heterocycles. The van der Waals surface area contributed by atoms with Crippen LogP contribution < -0.4 is 10.6 Å². The number of anilines is 2. The minimum Gasteiger partial charge on any atom is -0.368 e. The number of methoxy groups -OCH3 is 1. The van der Waals surface area contributed by atoms with Gasteiger partial charge in [-0.25, -0.2) is 28.7 Å².